The van der Waals surface area contributed by atoms with Gasteiger partial charge in [-0.1, -0.05) is 54.6 Å². The molecule has 0 fully saturated rings. The third kappa shape index (κ3) is 2.37. The third-order valence-electron chi connectivity index (χ3n) is 6.50. The molecular formula is C24H22N2O2. The average molecular weight is 370 g/mol. The minimum absolute atomic E-state index is 0.0411. The molecule has 0 amide bonds. The number of nitro groups is 1. The van der Waals surface area contributed by atoms with Crippen LogP contribution in [0, 0.1) is 29.9 Å². The molecule has 4 nitrogen and oxygen atoms in total. The van der Waals surface area contributed by atoms with Crippen molar-refractivity contribution in [1.82, 2.24) is 0 Å². The van der Waals surface area contributed by atoms with E-state index in [1.807, 2.05) is 13.0 Å². The quantitative estimate of drug-likeness (QED) is 0.332. The van der Waals surface area contributed by atoms with Gasteiger partial charge in [0.1, 0.15) is 5.69 Å². The van der Waals surface area contributed by atoms with Gasteiger partial charge in [-0.25, -0.2) is 0 Å². The van der Waals surface area contributed by atoms with Crippen LogP contribution in [0.25, 0.3) is 10.8 Å². The van der Waals surface area contributed by atoms with E-state index in [1.165, 1.54) is 16.3 Å². The largest absolute Gasteiger partial charge is 0.372 e. The molecule has 28 heavy (non-hydrogen) atoms. The molecule has 3 unspecified atom stereocenters. The van der Waals surface area contributed by atoms with Crippen molar-refractivity contribution in [3.8, 4) is 0 Å². The molecule has 0 saturated carbocycles. The van der Waals surface area contributed by atoms with Gasteiger partial charge in [-0.3, -0.25) is 10.1 Å². The van der Waals surface area contributed by atoms with Crippen molar-refractivity contribution in [2.24, 2.45) is 5.92 Å². The highest BCUT2D eigenvalue weighted by molar-refractivity contribution is 5.87. The topological polar surface area (TPSA) is 55.2 Å². The van der Waals surface area contributed by atoms with Crippen LogP contribution in [0.2, 0.25) is 0 Å². The molecule has 3 aromatic carbocycles. The fraction of sp³-hybridized carbons (Fsp3) is 0.250. The third-order valence-corrected chi connectivity index (χ3v) is 6.50. The number of nitrogens with one attached hydrogen (secondary N) is 1. The van der Waals surface area contributed by atoms with Crippen LogP contribution in [0.4, 0.5) is 11.4 Å². The SMILES string of the molecule is Cc1cc([N+](=O)[O-])c2c(c1C)C1C=CCC1C(c1cccc3ccccc13)N2. The Morgan fingerprint density at radius 2 is 1.89 bits per heavy atom. The van der Waals surface area contributed by atoms with E-state index < -0.39 is 0 Å². The van der Waals surface area contributed by atoms with Gasteiger partial charge in [0.05, 0.1) is 11.0 Å². The summed E-state index contributed by atoms with van der Waals surface area (Å²) in [6.07, 6.45) is 5.46. The molecule has 0 aromatic heterocycles. The maximum absolute atomic E-state index is 11.8. The molecule has 3 atom stereocenters. The summed E-state index contributed by atoms with van der Waals surface area (Å²) in [4.78, 5) is 11.6. The number of allylic oxidation sites excluding steroid dienone is 2. The summed E-state index contributed by atoms with van der Waals surface area (Å²) in [5.41, 5.74) is 5.33. The normalized spacial score (nSPS) is 22.6. The predicted molar refractivity (Wildman–Crippen MR) is 113 cm³/mol. The van der Waals surface area contributed by atoms with E-state index in [-0.39, 0.29) is 22.6 Å². The zero-order chi connectivity index (χ0) is 19.4. The van der Waals surface area contributed by atoms with E-state index in [1.54, 1.807) is 6.07 Å². The second-order valence-corrected chi connectivity index (χ2v) is 7.93. The molecular weight excluding hydrogens is 348 g/mol. The number of aryl methyl sites for hydroxylation is 1. The zero-order valence-electron chi connectivity index (χ0n) is 16.0. The Morgan fingerprint density at radius 1 is 1.11 bits per heavy atom. The van der Waals surface area contributed by atoms with Crippen molar-refractivity contribution in [2.45, 2.75) is 32.2 Å². The first-order valence-electron chi connectivity index (χ1n) is 9.75. The second kappa shape index (κ2) is 6.20. The highest BCUT2D eigenvalue weighted by Crippen LogP contribution is 2.54. The van der Waals surface area contributed by atoms with Crippen molar-refractivity contribution in [3.05, 3.63) is 93.1 Å². The van der Waals surface area contributed by atoms with Crippen molar-refractivity contribution in [1.29, 1.82) is 0 Å². The molecule has 1 heterocycles. The Kier molecular flexibility index (Phi) is 3.76. The standard InChI is InChI=1S/C24H22N2O2/c1-14-13-21(26(27)28)24-22(15(14)2)18-10-6-12-20(18)23(25-24)19-11-5-8-16-7-3-4-9-17(16)19/h3-11,13,18,20,23,25H,12H2,1-2H3. The lowest BCUT2D eigenvalue weighted by atomic mass is 9.74. The molecule has 1 aliphatic carbocycles. The van der Waals surface area contributed by atoms with Gasteiger partial charge in [-0.15, -0.1) is 0 Å². The summed E-state index contributed by atoms with van der Waals surface area (Å²) < 4.78 is 0. The predicted octanol–water partition coefficient (Wildman–Crippen LogP) is 6.19. The first-order chi connectivity index (χ1) is 13.6. The van der Waals surface area contributed by atoms with Gasteiger partial charge in [0.2, 0.25) is 0 Å². The Morgan fingerprint density at radius 3 is 2.71 bits per heavy atom. The maximum atomic E-state index is 11.8. The fourth-order valence-corrected chi connectivity index (χ4v) is 5.05. The van der Waals surface area contributed by atoms with E-state index >= 15 is 0 Å². The molecule has 0 bridgehead atoms. The minimum Gasteiger partial charge on any atom is -0.372 e. The Hall–Kier alpha value is -3.14. The van der Waals surface area contributed by atoms with Gasteiger partial charge in [0.15, 0.2) is 0 Å². The van der Waals surface area contributed by atoms with E-state index in [2.05, 4.69) is 60.8 Å². The number of hydrogen-bond donors (Lipinski definition) is 1. The fourth-order valence-electron chi connectivity index (χ4n) is 5.05. The smallest absolute Gasteiger partial charge is 0.292 e. The lowest BCUT2D eigenvalue weighted by Crippen LogP contribution is -2.30. The first kappa shape index (κ1) is 17.0. The molecule has 2 aliphatic rings. The second-order valence-electron chi connectivity index (χ2n) is 7.93. The van der Waals surface area contributed by atoms with E-state index in [0.29, 0.717) is 11.6 Å². The molecule has 1 aliphatic heterocycles. The van der Waals surface area contributed by atoms with Crippen LogP contribution < -0.4 is 5.32 Å². The molecule has 1 N–H and O–H groups in total. The van der Waals surface area contributed by atoms with Crippen LogP contribution in [0.1, 0.15) is 40.6 Å². The van der Waals surface area contributed by atoms with E-state index in [0.717, 1.165) is 23.1 Å². The molecule has 3 aromatic rings. The van der Waals surface area contributed by atoms with E-state index in [9.17, 15) is 10.1 Å². The minimum atomic E-state index is -0.253. The van der Waals surface area contributed by atoms with Crippen molar-refractivity contribution in [2.75, 3.05) is 5.32 Å². The van der Waals surface area contributed by atoms with Gasteiger partial charge >= 0.3 is 0 Å². The summed E-state index contributed by atoms with van der Waals surface area (Å²) in [6, 6.07) is 16.5. The van der Waals surface area contributed by atoms with Crippen LogP contribution in [0.15, 0.2) is 60.7 Å². The summed E-state index contributed by atoms with van der Waals surface area (Å²) >= 11 is 0. The highest BCUT2D eigenvalue weighted by Gasteiger charge is 2.42. The van der Waals surface area contributed by atoms with E-state index in [4.69, 9.17) is 0 Å². The van der Waals surface area contributed by atoms with Crippen LogP contribution in [-0.2, 0) is 0 Å². The monoisotopic (exact) mass is 370 g/mol. The van der Waals surface area contributed by atoms with Crippen molar-refractivity contribution in [3.63, 3.8) is 0 Å². The first-order valence-corrected chi connectivity index (χ1v) is 9.75. The van der Waals surface area contributed by atoms with Gasteiger partial charge in [-0.05, 0) is 59.2 Å². The summed E-state index contributed by atoms with van der Waals surface area (Å²) in [5, 5.41) is 17.9. The number of anilines is 1. The highest BCUT2D eigenvalue weighted by atomic mass is 16.6. The van der Waals surface area contributed by atoms with Crippen LogP contribution >= 0.6 is 0 Å². The summed E-state index contributed by atoms with van der Waals surface area (Å²) in [7, 11) is 0. The van der Waals surface area contributed by atoms with Gasteiger partial charge in [0.25, 0.3) is 5.69 Å². The number of nitro benzene ring substituents is 1. The van der Waals surface area contributed by atoms with Crippen molar-refractivity contribution < 1.29 is 4.92 Å². The number of fused-ring (bicyclic) bond motifs is 4. The van der Waals surface area contributed by atoms with Gasteiger partial charge in [-0.2, -0.15) is 0 Å². The molecule has 5 rings (SSSR count). The van der Waals surface area contributed by atoms with Crippen LogP contribution in [0.5, 0.6) is 0 Å². The maximum Gasteiger partial charge on any atom is 0.292 e. The summed E-state index contributed by atoms with van der Waals surface area (Å²) in [5.74, 6) is 0.567. The molecule has 0 saturated heterocycles. The van der Waals surface area contributed by atoms with Gasteiger partial charge < -0.3 is 5.32 Å². The number of nitrogens with zero attached hydrogens (tertiary/aromatic N) is 1. The molecule has 4 heteroatoms. The Bertz CT molecular complexity index is 1140. The average Bonchev–Trinajstić information content (AvgIpc) is 3.19. The van der Waals surface area contributed by atoms with Crippen LogP contribution in [-0.4, -0.2) is 4.92 Å². The molecule has 0 spiro atoms. The number of hydrogen-bond acceptors (Lipinski definition) is 3. The number of benzene rings is 3. The lowest BCUT2D eigenvalue weighted by molar-refractivity contribution is -0.384. The molecule has 140 valence electrons. The zero-order valence-corrected chi connectivity index (χ0v) is 16.0. The van der Waals surface area contributed by atoms with Crippen LogP contribution in [0.3, 0.4) is 0 Å². The Balaban J connectivity index is 1.75. The van der Waals surface area contributed by atoms with Crippen molar-refractivity contribution >= 4 is 22.1 Å². The summed E-state index contributed by atoms with van der Waals surface area (Å²) in [6.45, 7) is 4.05. The number of rotatable bonds is 2. The lowest BCUT2D eigenvalue weighted by Gasteiger charge is -2.38. The Labute approximate surface area is 164 Å². The molecule has 0 radical (unpaired) electrons. The van der Waals surface area contributed by atoms with Gasteiger partial charge in [0, 0.05) is 12.0 Å².